The highest BCUT2D eigenvalue weighted by molar-refractivity contribution is 5.81. The predicted octanol–water partition coefficient (Wildman–Crippen LogP) is 2.02. The molecule has 0 saturated heterocycles. The van der Waals surface area contributed by atoms with Crippen LogP contribution in [0.3, 0.4) is 0 Å². The van der Waals surface area contributed by atoms with E-state index in [1.54, 1.807) is 0 Å². The van der Waals surface area contributed by atoms with E-state index in [1.807, 2.05) is 39.0 Å². The fourth-order valence-electron chi connectivity index (χ4n) is 1.95. The normalized spacial score (nSPS) is 12.2. The van der Waals surface area contributed by atoms with Crippen molar-refractivity contribution in [3.63, 3.8) is 0 Å². The third-order valence-electron chi connectivity index (χ3n) is 3.14. The first-order valence-corrected chi connectivity index (χ1v) is 7.30. The molecule has 0 fully saturated rings. The zero-order valence-electron chi connectivity index (χ0n) is 13.0. The number of hydrogen-bond acceptors (Lipinski definition) is 3. The van der Waals surface area contributed by atoms with Crippen LogP contribution in [-0.4, -0.2) is 38.1 Å². The van der Waals surface area contributed by atoms with Crippen molar-refractivity contribution in [2.24, 2.45) is 0 Å². The van der Waals surface area contributed by atoms with Gasteiger partial charge in [-0.1, -0.05) is 18.2 Å². The Kier molecular flexibility index (Phi) is 7.09. The summed E-state index contributed by atoms with van der Waals surface area (Å²) in [7, 11) is 2.09. The number of carbonyl (C=O) groups is 1. The van der Waals surface area contributed by atoms with E-state index in [9.17, 15) is 4.79 Å². The minimum Gasteiger partial charge on any atom is -0.375 e. The average Bonchev–Trinajstić information content (AvgIpc) is 2.43. The molecule has 0 aliphatic heterocycles. The second-order valence-corrected chi connectivity index (χ2v) is 5.45. The Morgan fingerprint density at radius 1 is 1.20 bits per heavy atom. The molecule has 0 heterocycles. The molecule has 0 aliphatic carbocycles. The van der Waals surface area contributed by atoms with E-state index < -0.39 is 0 Å². The van der Waals surface area contributed by atoms with Crippen LogP contribution in [0.1, 0.15) is 27.2 Å². The van der Waals surface area contributed by atoms with Crippen LogP contribution in [0.15, 0.2) is 30.3 Å². The number of anilines is 1. The van der Waals surface area contributed by atoms with Crippen molar-refractivity contribution in [2.75, 3.05) is 25.0 Å². The molecular weight excluding hydrogens is 250 g/mol. The van der Waals surface area contributed by atoms with Crippen LogP contribution >= 0.6 is 0 Å². The zero-order chi connectivity index (χ0) is 15.0. The molecule has 1 unspecified atom stereocenters. The number of benzene rings is 1. The third-order valence-corrected chi connectivity index (χ3v) is 3.14. The van der Waals surface area contributed by atoms with E-state index in [-0.39, 0.29) is 18.0 Å². The number of nitrogens with zero attached hydrogens (tertiary/aromatic N) is 1. The van der Waals surface area contributed by atoms with Gasteiger partial charge in [-0.05, 0) is 45.9 Å². The van der Waals surface area contributed by atoms with E-state index in [2.05, 4.69) is 34.7 Å². The van der Waals surface area contributed by atoms with Gasteiger partial charge in [0.15, 0.2) is 0 Å². The highest BCUT2D eigenvalue weighted by Crippen LogP contribution is 2.10. The summed E-state index contributed by atoms with van der Waals surface area (Å²) in [6.45, 7) is 7.65. The molecule has 1 aromatic carbocycles. The lowest BCUT2D eigenvalue weighted by atomic mass is 10.2. The molecule has 20 heavy (non-hydrogen) atoms. The first-order valence-electron chi connectivity index (χ1n) is 7.30. The standard InChI is InChI=1S/C16H27N3O/c1-13(2)18-16(20)14(3)17-11-8-12-19(4)15-9-6-5-7-10-15/h5-7,9-10,13-14,17H,8,11-12H2,1-4H3,(H,18,20). The summed E-state index contributed by atoms with van der Waals surface area (Å²) in [5.74, 6) is 0.0661. The summed E-state index contributed by atoms with van der Waals surface area (Å²) in [6, 6.07) is 10.4. The van der Waals surface area contributed by atoms with E-state index in [1.165, 1.54) is 5.69 Å². The Morgan fingerprint density at radius 2 is 1.85 bits per heavy atom. The first kappa shape index (κ1) is 16.5. The van der Waals surface area contributed by atoms with Gasteiger partial charge in [0.1, 0.15) is 0 Å². The molecule has 0 saturated carbocycles. The Bertz CT molecular complexity index is 392. The molecule has 0 aliphatic rings. The van der Waals surface area contributed by atoms with E-state index in [0.717, 1.165) is 19.5 Å². The molecule has 1 amide bonds. The summed E-state index contributed by atoms with van der Waals surface area (Å²) in [6.07, 6.45) is 1.00. The van der Waals surface area contributed by atoms with Crippen molar-refractivity contribution in [3.05, 3.63) is 30.3 Å². The maximum Gasteiger partial charge on any atom is 0.237 e. The zero-order valence-corrected chi connectivity index (χ0v) is 13.0. The minimum atomic E-state index is -0.139. The molecule has 4 heteroatoms. The highest BCUT2D eigenvalue weighted by Gasteiger charge is 2.12. The van der Waals surface area contributed by atoms with E-state index in [4.69, 9.17) is 0 Å². The SMILES string of the molecule is CC(C)NC(=O)C(C)NCCCN(C)c1ccccc1. The maximum absolute atomic E-state index is 11.7. The molecule has 112 valence electrons. The van der Waals surface area contributed by atoms with Crippen molar-refractivity contribution in [3.8, 4) is 0 Å². The Morgan fingerprint density at radius 3 is 2.45 bits per heavy atom. The van der Waals surface area contributed by atoms with Gasteiger partial charge >= 0.3 is 0 Å². The van der Waals surface area contributed by atoms with Gasteiger partial charge in [0, 0.05) is 25.3 Å². The minimum absolute atomic E-state index is 0.0661. The van der Waals surface area contributed by atoms with Gasteiger partial charge in [-0.25, -0.2) is 0 Å². The summed E-state index contributed by atoms with van der Waals surface area (Å²) >= 11 is 0. The fraction of sp³-hybridized carbons (Fsp3) is 0.562. The lowest BCUT2D eigenvalue weighted by Crippen LogP contribution is -2.45. The molecule has 2 N–H and O–H groups in total. The number of para-hydroxylation sites is 1. The molecule has 0 aromatic heterocycles. The Balaban J connectivity index is 2.20. The lowest BCUT2D eigenvalue weighted by Gasteiger charge is -2.20. The number of amides is 1. The van der Waals surface area contributed by atoms with Crippen molar-refractivity contribution in [1.82, 2.24) is 10.6 Å². The topological polar surface area (TPSA) is 44.4 Å². The summed E-state index contributed by atoms with van der Waals surface area (Å²) < 4.78 is 0. The van der Waals surface area contributed by atoms with Gasteiger partial charge in [-0.3, -0.25) is 4.79 Å². The summed E-state index contributed by atoms with van der Waals surface area (Å²) in [5.41, 5.74) is 1.22. The van der Waals surface area contributed by atoms with E-state index >= 15 is 0 Å². The molecule has 1 aromatic rings. The van der Waals surface area contributed by atoms with Gasteiger partial charge in [-0.2, -0.15) is 0 Å². The molecule has 1 atom stereocenters. The molecule has 4 nitrogen and oxygen atoms in total. The number of carbonyl (C=O) groups excluding carboxylic acids is 1. The summed E-state index contributed by atoms with van der Waals surface area (Å²) in [5, 5.41) is 6.16. The molecule has 0 radical (unpaired) electrons. The van der Waals surface area contributed by atoms with Crippen LogP contribution in [0, 0.1) is 0 Å². The maximum atomic E-state index is 11.7. The van der Waals surface area contributed by atoms with Gasteiger partial charge in [0.2, 0.25) is 5.91 Å². The molecule has 1 rings (SSSR count). The summed E-state index contributed by atoms with van der Waals surface area (Å²) in [4.78, 5) is 13.9. The quantitative estimate of drug-likeness (QED) is 0.715. The number of hydrogen-bond donors (Lipinski definition) is 2. The molecule has 0 bridgehead atoms. The smallest absolute Gasteiger partial charge is 0.237 e. The first-order chi connectivity index (χ1) is 9.50. The van der Waals surface area contributed by atoms with Crippen molar-refractivity contribution in [2.45, 2.75) is 39.3 Å². The van der Waals surface area contributed by atoms with Crippen LogP contribution in [0.5, 0.6) is 0 Å². The van der Waals surface area contributed by atoms with Crippen LogP contribution in [0.4, 0.5) is 5.69 Å². The fourth-order valence-corrected chi connectivity index (χ4v) is 1.95. The van der Waals surface area contributed by atoms with Crippen molar-refractivity contribution >= 4 is 11.6 Å². The van der Waals surface area contributed by atoms with Crippen molar-refractivity contribution in [1.29, 1.82) is 0 Å². The highest BCUT2D eigenvalue weighted by atomic mass is 16.2. The van der Waals surface area contributed by atoms with Gasteiger partial charge in [0.25, 0.3) is 0 Å². The predicted molar refractivity (Wildman–Crippen MR) is 85.1 cm³/mol. The van der Waals surface area contributed by atoms with Crippen LogP contribution in [-0.2, 0) is 4.79 Å². The average molecular weight is 277 g/mol. The van der Waals surface area contributed by atoms with E-state index in [0.29, 0.717) is 0 Å². The lowest BCUT2D eigenvalue weighted by molar-refractivity contribution is -0.123. The van der Waals surface area contributed by atoms with Crippen LogP contribution in [0.2, 0.25) is 0 Å². The van der Waals surface area contributed by atoms with Gasteiger partial charge < -0.3 is 15.5 Å². The van der Waals surface area contributed by atoms with Gasteiger partial charge in [-0.15, -0.1) is 0 Å². The number of nitrogens with one attached hydrogen (secondary N) is 2. The monoisotopic (exact) mass is 277 g/mol. The second kappa shape index (κ2) is 8.59. The Hall–Kier alpha value is -1.55. The second-order valence-electron chi connectivity index (χ2n) is 5.45. The largest absolute Gasteiger partial charge is 0.375 e. The van der Waals surface area contributed by atoms with Crippen LogP contribution < -0.4 is 15.5 Å². The number of rotatable bonds is 8. The Labute approximate surface area is 122 Å². The third kappa shape index (κ3) is 6.06. The van der Waals surface area contributed by atoms with Crippen molar-refractivity contribution < 1.29 is 4.79 Å². The molecule has 0 spiro atoms. The molecular formula is C16H27N3O. The van der Waals surface area contributed by atoms with Crippen LogP contribution in [0.25, 0.3) is 0 Å². The van der Waals surface area contributed by atoms with Gasteiger partial charge in [0.05, 0.1) is 6.04 Å².